The quantitative estimate of drug-likeness (QED) is 0.649. The molecule has 0 aromatic heterocycles. The maximum Gasteiger partial charge on any atom is 0.269 e. The van der Waals surface area contributed by atoms with Gasteiger partial charge in [0.05, 0.1) is 19.8 Å². The number of benzene rings is 2. The van der Waals surface area contributed by atoms with Gasteiger partial charge in [0.2, 0.25) is 5.75 Å². The summed E-state index contributed by atoms with van der Waals surface area (Å²) >= 11 is 0. The van der Waals surface area contributed by atoms with Gasteiger partial charge in [-0.3, -0.25) is 20.4 Å². The molecule has 7 heteroatoms. The van der Waals surface area contributed by atoms with Gasteiger partial charge in [-0.15, -0.1) is 0 Å². The van der Waals surface area contributed by atoms with Crippen molar-refractivity contribution in [1.82, 2.24) is 10.9 Å². The Morgan fingerprint density at radius 1 is 0.767 bits per heavy atom. The fourth-order valence-corrected chi connectivity index (χ4v) is 3.49. The van der Waals surface area contributed by atoms with E-state index >= 15 is 0 Å². The summed E-state index contributed by atoms with van der Waals surface area (Å²) in [5, 5.41) is 0. The van der Waals surface area contributed by atoms with E-state index in [1.165, 1.54) is 11.1 Å². The molecule has 7 nitrogen and oxygen atoms in total. The van der Waals surface area contributed by atoms with Crippen molar-refractivity contribution in [3.63, 3.8) is 0 Å². The van der Waals surface area contributed by atoms with Crippen molar-refractivity contribution in [2.75, 3.05) is 19.8 Å². The number of fused-ring (bicyclic) bond motifs is 1. The largest absolute Gasteiger partial charge is 0.490 e. The molecule has 0 spiro atoms. The molecule has 1 aliphatic rings. The molecule has 30 heavy (non-hydrogen) atoms. The van der Waals surface area contributed by atoms with E-state index in [0.717, 1.165) is 19.3 Å². The third kappa shape index (κ3) is 4.84. The van der Waals surface area contributed by atoms with Crippen molar-refractivity contribution in [3.8, 4) is 17.2 Å². The highest BCUT2D eigenvalue weighted by molar-refractivity contribution is 5.99. The number of hydrogen-bond acceptors (Lipinski definition) is 5. The number of nitrogens with one attached hydrogen (secondary N) is 2. The third-order valence-corrected chi connectivity index (χ3v) is 4.82. The molecule has 0 bridgehead atoms. The molecule has 0 aliphatic heterocycles. The van der Waals surface area contributed by atoms with Crippen LogP contribution in [0.5, 0.6) is 17.2 Å². The maximum absolute atomic E-state index is 12.7. The minimum Gasteiger partial charge on any atom is -0.490 e. The summed E-state index contributed by atoms with van der Waals surface area (Å²) in [6, 6.07) is 8.81. The molecule has 1 aliphatic carbocycles. The lowest BCUT2D eigenvalue weighted by atomic mass is 10.1. The second-order valence-corrected chi connectivity index (χ2v) is 6.85. The predicted octanol–water partition coefficient (Wildman–Crippen LogP) is 3.45. The highest BCUT2D eigenvalue weighted by atomic mass is 16.5. The zero-order chi connectivity index (χ0) is 21.5. The summed E-state index contributed by atoms with van der Waals surface area (Å²) in [6.07, 6.45) is 3.14. The molecule has 0 saturated carbocycles. The lowest BCUT2D eigenvalue weighted by Crippen LogP contribution is -2.41. The monoisotopic (exact) mass is 412 g/mol. The molecule has 3 rings (SSSR count). The molecule has 2 aromatic carbocycles. The van der Waals surface area contributed by atoms with Gasteiger partial charge in [-0.05, 0) is 75.4 Å². The van der Waals surface area contributed by atoms with Crippen molar-refractivity contribution >= 4 is 11.8 Å². The SMILES string of the molecule is CCOc1cc(C(=O)NNC(=O)c2ccc3c(c2)CCC3)cc(OCC)c1OCC. The van der Waals surface area contributed by atoms with Crippen LogP contribution in [-0.4, -0.2) is 31.6 Å². The first-order chi connectivity index (χ1) is 14.6. The zero-order valence-electron chi connectivity index (χ0n) is 17.7. The minimum absolute atomic E-state index is 0.291. The van der Waals surface area contributed by atoms with Crippen LogP contribution in [0.4, 0.5) is 0 Å². The van der Waals surface area contributed by atoms with E-state index in [0.29, 0.717) is 48.2 Å². The summed E-state index contributed by atoms with van der Waals surface area (Å²) in [5.41, 5.74) is 8.24. The maximum atomic E-state index is 12.7. The van der Waals surface area contributed by atoms with Crippen LogP contribution in [-0.2, 0) is 12.8 Å². The molecule has 0 fully saturated rings. The van der Waals surface area contributed by atoms with Crippen LogP contribution in [0.25, 0.3) is 0 Å². The van der Waals surface area contributed by atoms with Crippen molar-refractivity contribution < 1.29 is 23.8 Å². The van der Waals surface area contributed by atoms with Gasteiger partial charge in [-0.2, -0.15) is 0 Å². The Morgan fingerprint density at radius 2 is 1.33 bits per heavy atom. The van der Waals surface area contributed by atoms with E-state index in [2.05, 4.69) is 10.9 Å². The van der Waals surface area contributed by atoms with Crippen LogP contribution in [0.3, 0.4) is 0 Å². The van der Waals surface area contributed by atoms with E-state index < -0.39 is 5.91 Å². The fourth-order valence-electron chi connectivity index (χ4n) is 3.49. The van der Waals surface area contributed by atoms with Gasteiger partial charge in [0.1, 0.15) is 0 Å². The lowest BCUT2D eigenvalue weighted by Gasteiger charge is -2.17. The first-order valence-corrected chi connectivity index (χ1v) is 10.4. The summed E-state index contributed by atoms with van der Waals surface area (Å²) in [6.45, 7) is 6.81. The standard InChI is InChI=1S/C23H28N2O5/c1-4-28-19-13-18(14-20(29-5-2)21(19)30-6-3)23(27)25-24-22(26)17-11-10-15-8-7-9-16(15)12-17/h10-14H,4-9H2,1-3H3,(H,24,26)(H,25,27). The minimum atomic E-state index is -0.477. The van der Waals surface area contributed by atoms with E-state index in [1.54, 1.807) is 18.2 Å². The summed E-state index contributed by atoms with van der Waals surface area (Å²) < 4.78 is 16.9. The van der Waals surface area contributed by atoms with Crippen LogP contribution in [0, 0.1) is 0 Å². The van der Waals surface area contributed by atoms with Gasteiger partial charge in [0.15, 0.2) is 11.5 Å². The Bertz CT molecular complexity index is 899. The molecule has 0 heterocycles. The molecule has 160 valence electrons. The van der Waals surface area contributed by atoms with Crippen LogP contribution in [0.2, 0.25) is 0 Å². The van der Waals surface area contributed by atoms with Gasteiger partial charge in [0.25, 0.3) is 11.8 Å². The second kappa shape index (κ2) is 10.0. The van der Waals surface area contributed by atoms with Gasteiger partial charge >= 0.3 is 0 Å². The van der Waals surface area contributed by atoms with Crippen molar-refractivity contribution in [2.45, 2.75) is 40.0 Å². The molecule has 0 atom stereocenters. The van der Waals surface area contributed by atoms with Crippen LogP contribution >= 0.6 is 0 Å². The van der Waals surface area contributed by atoms with E-state index in [4.69, 9.17) is 14.2 Å². The van der Waals surface area contributed by atoms with Crippen LogP contribution in [0.1, 0.15) is 59.0 Å². The Balaban J connectivity index is 1.74. The first-order valence-electron chi connectivity index (χ1n) is 10.4. The van der Waals surface area contributed by atoms with Crippen molar-refractivity contribution in [2.24, 2.45) is 0 Å². The number of hydrogen-bond donors (Lipinski definition) is 2. The van der Waals surface area contributed by atoms with Crippen LogP contribution in [0.15, 0.2) is 30.3 Å². The number of amides is 2. The average molecular weight is 412 g/mol. The summed E-state index contributed by atoms with van der Waals surface area (Å²) in [4.78, 5) is 25.1. The van der Waals surface area contributed by atoms with E-state index in [-0.39, 0.29) is 5.91 Å². The van der Waals surface area contributed by atoms with Crippen molar-refractivity contribution in [3.05, 3.63) is 52.6 Å². The number of carbonyl (C=O) groups is 2. The van der Waals surface area contributed by atoms with Gasteiger partial charge in [-0.25, -0.2) is 0 Å². The molecule has 0 unspecified atom stereocenters. The summed E-state index contributed by atoms with van der Waals surface area (Å²) in [7, 11) is 0. The number of ether oxygens (including phenoxy) is 3. The van der Waals surface area contributed by atoms with Crippen LogP contribution < -0.4 is 25.1 Å². The molecular formula is C23H28N2O5. The average Bonchev–Trinajstić information content (AvgIpc) is 3.22. The summed E-state index contributed by atoms with van der Waals surface area (Å²) in [5.74, 6) is 0.453. The number of aryl methyl sites for hydroxylation is 2. The van der Waals surface area contributed by atoms with Crippen molar-refractivity contribution in [1.29, 1.82) is 0 Å². The smallest absolute Gasteiger partial charge is 0.269 e. The molecule has 2 amide bonds. The molecule has 2 N–H and O–H groups in total. The molecular weight excluding hydrogens is 384 g/mol. The second-order valence-electron chi connectivity index (χ2n) is 6.85. The van der Waals surface area contributed by atoms with E-state index in [9.17, 15) is 9.59 Å². The highest BCUT2D eigenvalue weighted by Gasteiger charge is 2.19. The van der Waals surface area contributed by atoms with Gasteiger partial charge in [0, 0.05) is 11.1 Å². The van der Waals surface area contributed by atoms with Gasteiger partial charge < -0.3 is 14.2 Å². The molecule has 0 radical (unpaired) electrons. The topological polar surface area (TPSA) is 85.9 Å². The normalized spacial score (nSPS) is 12.1. The Kier molecular flexibility index (Phi) is 7.17. The molecule has 0 saturated heterocycles. The Hall–Kier alpha value is -3.22. The predicted molar refractivity (Wildman–Crippen MR) is 113 cm³/mol. The zero-order valence-corrected chi connectivity index (χ0v) is 17.7. The lowest BCUT2D eigenvalue weighted by molar-refractivity contribution is 0.0846. The highest BCUT2D eigenvalue weighted by Crippen LogP contribution is 2.39. The third-order valence-electron chi connectivity index (χ3n) is 4.82. The Morgan fingerprint density at radius 3 is 1.93 bits per heavy atom. The Labute approximate surface area is 176 Å². The first kappa shape index (κ1) is 21.5. The van der Waals surface area contributed by atoms with E-state index in [1.807, 2.05) is 32.9 Å². The molecule has 2 aromatic rings. The fraction of sp³-hybridized carbons (Fsp3) is 0.391. The van der Waals surface area contributed by atoms with Gasteiger partial charge in [-0.1, -0.05) is 6.07 Å². The number of rotatable bonds is 8. The number of carbonyl (C=O) groups excluding carboxylic acids is 2. The number of hydrazine groups is 1.